The number of carbonyl (C=O) groups is 1. The van der Waals surface area contributed by atoms with Gasteiger partial charge in [-0.3, -0.25) is 4.79 Å². The minimum atomic E-state index is -0.242. The predicted octanol–water partition coefficient (Wildman–Crippen LogP) is 2.26. The molecule has 0 saturated carbocycles. The first-order valence-electron chi connectivity index (χ1n) is 8.43. The number of benzene rings is 1. The molecule has 0 atom stereocenters. The van der Waals surface area contributed by atoms with Crippen LogP contribution in [0.1, 0.15) is 23.8 Å². The van der Waals surface area contributed by atoms with Crippen molar-refractivity contribution in [3.8, 4) is 0 Å². The van der Waals surface area contributed by atoms with Crippen LogP contribution in [0.15, 0.2) is 42.5 Å². The van der Waals surface area contributed by atoms with Gasteiger partial charge in [0, 0.05) is 25.3 Å². The molecule has 24 heavy (non-hydrogen) atoms. The first-order chi connectivity index (χ1) is 11.8. The molecule has 1 aliphatic rings. The summed E-state index contributed by atoms with van der Waals surface area (Å²) in [6.45, 7) is 7.35. The number of likely N-dealkylation sites (N-methyl/N-ethyl adjacent to an activating group) is 1. The van der Waals surface area contributed by atoms with Crippen LogP contribution in [-0.4, -0.2) is 53.7 Å². The average molecular weight is 325 g/mol. The second kappa shape index (κ2) is 7.88. The van der Waals surface area contributed by atoms with Gasteiger partial charge in [0.1, 0.15) is 0 Å². The monoisotopic (exact) mass is 325 g/mol. The summed E-state index contributed by atoms with van der Waals surface area (Å²) in [5, 5.41) is 11.2. The van der Waals surface area contributed by atoms with Crippen molar-refractivity contribution in [2.75, 3.05) is 42.9 Å². The Morgan fingerprint density at radius 2 is 1.88 bits per heavy atom. The van der Waals surface area contributed by atoms with Crippen LogP contribution in [0.2, 0.25) is 0 Å². The van der Waals surface area contributed by atoms with Gasteiger partial charge in [0.25, 0.3) is 5.91 Å². The molecule has 1 aromatic heterocycles. The molecule has 0 bridgehead atoms. The van der Waals surface area contributed by atoms with E-state index in [9.17, 15) is 4.79 Å². The van der Waals surface area contributed by atoms with E-state index in [1.807, 2.05) is 36.4 Å². The number of anilines is 2. The van der Waals surface area contributed by atoms with Gasteiger partial charge in [0.15, 0.2) is 11.5 Å². The number of para-hydroxylation sites is 1. The second-order valence-electron chi connectivity index (χ2n) is 5.87. The summed E-state index contributed by atoms with van der Waals surface area (Å²) in [7, 11) is 0. The summed E-state index contributed by atoms with van der Waals surface area (Å²) >= 11 is 0. The second-order valence-corrected chi connectivity index (χ2v) is 5.87. The van der Waals surface area contributed by atoms with Crippen LogP contribution in [0.4, 0.5) is 11.5 Å². The largest absolute Gasteiger partial charge is 0.354 e. The molecule has 1 aliphatic heterocycles. The molecule has 2 aromatic rings. The van der Waals surface area contributed by atoms with Gasteiger partial charge in [0.05, 0.1) is 0 Å². The molecule has 1 aromatic carbocycles. The SMILES string of the molecule is CCN1CCCN(c2ccc(C(=O)Nc3ccccc3)nn2)CC1. The number of carbonyl (C=O) groups excluding carboxylic acids is 1. The molecule has 1 saturated heterocycles. The highest BCUT2D eigenvalue weighted by molar-refractivity contribution is 6.02. The first kappa shape index (κ1) is 16.4. The van der Waals surface area contributed by atoms with Crippen molar-refractivity contribution in [1.29, 1.82) is 0 Å². The molecular weight excluding hydrogens is 302 g/mol. The third-order valence-corrected chi connectivity index (χ3v) is 4.27. The van der Waals surface area contributed by atoms with E-state index in [0.717, 1.165) is 50.6 Å². The number of rotatable bonds is 4. The fourth-order valence-electron chi connectivity index (χ4n) is 2.85. The predicted molar refractivity (Wildman–Crippen MR) is 95.4 cm³/mol. The van der Waals surface area contributed by atoms with E-state index >= 15 is 0 Å². The normalized spacial score (nSPS) is 15.8. The van der Waals surface area contributed by atoms with Crippen LogP contribution < -0.4 is 10.2 Å². The lowest BCUT2D eigenvalue weighted by atomic mass is 10.3. The standard InChI is InChI=1S/C18H23N5O/c1-2-22-11-6-12-23(14-13-22)17-10-9-16(20-21-17)18(24)19-15-7-4-3-5-8-15/h3-5,7-10H,2,6,11-14H2,1H3,(H,19,24). The maximum atomic E-state index is 12.2. The summed E-state index contributed by atoms with van der Waals surface area (Å²) in [6.07, 6.45) is 1.12. The molecule has 0 spiro atoms. The lowest BCUT2D eigenvalue weighted by molar-refractivity contribution is 0.102. The minimum absolute atomic E-state index is 0.242. The molecule has 2 heterocycles. The number of nitrogens with zero attached hydrogens (tertiary/aromatic N) is 4. The van der Waals surface area contributed by atoms with E-state index < -0.39 is 0 Å². The number of nitrogens with one attached hydrogen (secondary N) is 1. The van der Waals surface area contributed by atoms with Crippen molar-refractivity contribution >= 4 is 17.4 Å². The van der Waals surface area contributed by atoms with Crippen molar-refractivity contribution < 1.29 is 4.79 Å². The Balaban J connectivity index is 1.63. The minimum Gasteiger partial charge on any atom is -0.354 e. The fourth-order valence-corrected chi connectivity index (χ4v) is 2.85. The average Bonchev–Trinajstić information content (AvgIpc) is 2.88. The van der Waals surface area contributed by atoms with Gasteiger partial charge in [-0.1, -0.05) is 25.1 Å². The van der Waals surface area contributed by atoms with E-state index in [0.29, 0.717) is 5.69 Å². The fraction of sp³-hybridized carbons (Fsp3) is 0.389. The molecule has 0 aliphatic carbocycles. The summed E-state index contributed by atoms with van der Waals surface area (Å²) in [4.78, 5) is 16.9. The van der Waals surface area contributed by atoms with Crippen LogP contribution in [0.3, 0.4) is 0 Å². The van der Waals surface area contributed by atoms with Gasteiger partial charge in [0.2, 0.25) is 0 Å². The highest BCUT2D eigenvalue weighted by atomic mass is 16.1. The van der Waals surface area contributed by atoms with Gasteiger partial charge in [-0.05, 0) is 43.8 Å². The van der Waals surface area contributed by atoms with E-state index in [1.54, 1.807) is 6.07 Å². The molecule has 126 valence electrons. The summed E-state index contributed by atoms with van der Waals surface area (Å²) in [5.74, 6) is 0.595. The topological polar surface area (TPSA) is 61.4 Å². The molecule has 1 N–H and O–H groups in total. The molecular formula is C18H23N5O. The van der Waals surface area contributed by atoms with E-state index in [2.05, 4.69) is 32.2 Å². The lowest BCUT2D eigenvalue weighted by Gasteiger charge is -2.21. The molecule has 1 amide bonds. The van der Waals surface area contributed by atoms with Crippen LogP contribution in [0.5, 0.6) is 0 Å². The Labute approximate surface area is 142 Å². The van der Waals surface area contributed by atoms with Crippen LogP contribution in [0.25, 0.3) is 0 Å². The number of amides is 1. The summed E-state index contributed by atoms with van der Waals surface area (Å²) < 4.78 is 0. The Bertz CT molecular complexity index is 659. The Morgan fingerprint density at radius 3 is 2.58 bits per heavy atom. The first-order valence-corrected chi connectivity index (χ1v) is 8.43. The Kier molecular flexibility index (Phi) is 5.38. The molecule has 6 heteroatoms. The van der Waals surface area contributed by atoms with Crippen LogP contribution in [0, 0.1) is 0 Å². The number of hydrogen-bond acceptors (Lipinski definition) is 5. The van der Waals surface area contributed by atoms with Crippen molar-refractivity contribution in [3.05, 3.63) is 48.2 Å². The number of hydrogen-bond donors (Lipinski definition) is 1. The summed E-state index contributed by atoms with van der Waals surface area (Å²) in [5.41, 5.74) is 1.08. The van der Waals surface area contributed by atoms with Crippen molar-refractivity contribution in [3.63, 3.8) is 0 Å². The number of aromatic nitrogens is 2. The summed E-state index contributed by atoms with van der Waals surface area (Å²) in [6, 6.07) is 13.0. The molecule has 1 fully saturated rings. The maximum Gasteiger partial charge on any atom is 0.276 e. The molecule has 3 rings (SSSR count). The smallest absolute Gasteiger partial charge is 0.276 e. The highest BCUT2D eigenvalue weighted by Gasteiger charge is 2.16. The zero-order chi connectivity index (χ0) is 16.8. The third-order valence-electron chi connectivity index (χ3n) is 4.27. The van der Waals surface area contributed by atoms with E-state index in [1.165, 1.54) is 0 Å². The van der Waals surface area contributed by atoms with Crippen LogP contribution >= 0.6 is 0 Å². The third kappa shape index (κ3) is 4.08. The Morgan fingerprint density at radius 1 is 1.04 bits per heavy atom. The Hall–Kier alpha value is -2.47. The van der Waals surface area contributed by atoms with Gasteiger partial charge < -0.3 is 15.1 Å². The zero-order valence-electron chi connectivity index (χ0n) is 14.0. The van der Waals surface area contributed by atoms with Crippen LogP contribution in [-0.2, 0) is 0 Å². The van der Waals surface area contributed by atoms with Gasteiger partial charge in [-0.25, -0.2) is 0 Å². The zero-order valence-corrected chi connectivity index (χ0v) is 14.0. The highest BCUT2D eigenvalue weighted by Crippen LogP contribution is 2.14. The van der Waals surface area contributed by atoms with Gasteiger partial charge in [-0.15, -0.1) is 10.2 Å². The van der Waals surface area contributed by atoms with Crippen molar-refractivity contribution in [2.45, 2.75) is 13.3 Å². The quantitative estimate of drug-likeness (QED) is 0.934. The molecule has 6 nitrogen and oxygen atoms in total. The molecule has 0 unspecified atom stereocenters. The van der Waals surface area contributed by atoms with Gasteiger partial charge in [-0.2, -0.15) is 0 Å². The maximum absolute atomic E-state index is 12.2. The van der Waals surface area contributed by atoms with Crippen molar-refractivity contribution in [1.82, 2.24) is 15.1 Å². The van der Waals surface area contributed by atoms with Gasteiger partial charge >= 0.3 is 0 Å². The van der Waals surface area contributed by atoms with E-state index in [-0.39, 0.29) is 5.91 Å². The lowest BCUT2D eigenvalue weighted by Crippen LogP contribution is -2.31. The molecule has 0 radical (unpaired) electrons. The van der Waals surface area contributed by atoms with Crippen molar-refractivity contribution in [2.24, 2.45) is 0 Å². The van der Waals surface area contributed by atoms with E-state index in [4.69, 9.17) is 0 Å².